The zero-order chi connectivity index (χ0) is 27.4. The molecule has 3 aromatic rings. The average Bonchev–Trinajstić information content (AvgIpc) is 3.52. The molecule has 0 radical (unpaired) electrons. The largest absolute Gasteiger partial charge is 0.493 e. The maximum Gasteiger partial charge on any atom is 0.274 e. The monoisotopic (exact) mass is 557 g/mol. The van der Waals surface area contributed by atoms with Crippen LogP contribution < -0.4 is 25.3 Å². The molecule has 2 bridgehead atoms. The standard InChI is InChI=1S/C25H28ClN7O6/c1-36-20-8-15(7-17(26)24(20)39-14-22(27)34)9-32-11-18-21(12-32)38-13-16-10-33(31-30-16)5-6-37-19-3-2-4-28-23(19)25(35)29-18/h2-4,7-8,10,18,21H,5-6,9,11-14H2,1H3,(H2,27,34)(H,29,35)/t18-,21-/m0/s1. The average molecular weight is 558 g/mol. The van der Waals surface area contributed by atoms with Crippen molar-refractivity contribution >= 4 is 23.4 Å². The fourth-order valence-corrected chi connectivity index (χ4v) is 4.85. The van der Waals surface area contributed by atoms with Crippen LogP contribution in [0, 0.1) is 0 Å². The highest BCUT2D eigenvalue weighted by atomic mass is 35.5. The number of carbonyl (C=O) groups is 2. The van der Waals surface area contributed by atoms with Gasteiger partial charge in [-0.25, -0.2) is 9.67 Å². The lowest BCUT2D eigenvalue weighted by molar-refractivity contribution is -0.119. The van der Waals surface area contributed by atoms with E-state index in [1.165, 1.54) is 7.11 Å². The van der Waals surface area contributed by atoms with Crippen molar-refractivity contribution in [3.63, 3.8) is 0 Å². The van der Waals surface area contributed by atoms with E-state index in [9.17, 15) is 9.59 Å². The lowest BCUT2D eigenvalue weighted by atomic mass is 10.2. The lowest BCUT2D eigenvalue weighted by Gasteiger charge is -2.20. The number of nitrogens with two attached hydrogens (primary N) is 1. The Labute approximate surface area is 229 Å². The second-order valence-corrected chi connectivity index (χ2v) is 9.57. The fraction of sp³-hybridized carbons (Fsp3) is 0.400. The van der Waals surface area contributed by atoms with Crippen molar-refractivity contribution in [2.24, 2.45) is 5.73 Å². The van der Waals surface area contributed by atoms with Crippen LogP contribution in [0.15, 0.2) is 36.7 Å². The highest BCUT2D eigenvalue weighted by Crippen LogP contribution is 2.37. The number of halogens is 1. The number of hydrogen-bond acceptors (Lipinski definition) is 10. The molecule has 0 unspecified atom stereocenters. The molecule has 2 atom stereocenters. The van der Waals surface area contributed by atoms with E-state index < -0.39 is 5.91 Å². The molecule has 0 saturated carbocycles. The molecule has 13 nitrogen and oxygen atoms in total. The molecule has 2 amide bonds. The summed E-state index contributed by atoms with van der Waals surface area (Å²) in [4.78, 5) is 30.8. The quantitative estimate of drug-likeness (QED) is 0.444. The number of amides is 2. The summed E-state index contributed by atoms with van der Waals surface area (Å²) in [6.45, 7) is 2.21. The Bertz CT molecular complexity index is 1350. The Morgan fingerprint density at radius 1 is 1.33 bits per heavy atom. The maximum atomic E-state index is 13.2. The van der Waals surface area contributed by atoms with E-state index in [0.29, 0.717) is 55.0 Å². The number of likely N-dealkylation sites (tertiary alicyclic amines) is 1. The van der Waals surface area contributed by atoms with Gasteiger partial charge in [0.15, 0.2) is 29.5 Å². The second-order valence-electron chi connectivity index (χ2n) is 9.16. The van der Waals surface area contributed by atoms with Gasteiger partial charge >= 0.3 is 0 Å². The molecule has 2 aromatic heterocycles. The first-order chi connectivity index (χ1) is 18.9. The fourth-order valence-electron chi connectivity index (χ4n) is 4.56. The summed E-state index contributed by atoms with van der Waals surface area (Å²) in [5.41, 5.74) is 6.92. The first kappa shape index (κ1) is 26.7. The summed E-state index contributed by atoms with van der Waals surface area (Å²) in [5.74, 6) is 0.0443. The number of methoxy groups -OCH3 is 1. The van der Waals surface area contributed by atoms with E-state index in [1.807, 2.05) is 6.20 Å². The number of fused-ring (bicyclic) bond motifs is 4. The highest BCUT2D eigenvalue weighted by molar-refractivity contribution is 6.32. The summed E-state index contributed by atoms with van der Waals surface area (Å²) in [7, 11) is 1.49. The van der Waals surface area contributed by atoms with Gasteiger partial charge in [-0.2, -0.15) is 0 Å². The minimum Gasteiger partial charge on any atom is -0.493 e. The van der Waals surface area contributed by atoms with Gasteiger partial charge in [0, 0.05) is 25.8 Å². The van der Waals surface area contributed by atoms with Crippen LogP contribution in [0.1, 0.15) is 21.7 Å². The summed E-state index contributed by atoms with van der Waals surface area (Å²) in [6, 6.07) is 6.63. The number of aromatic nitrogens is 4. The second kappa shape index (κ2) is 11.8. The molecule has 4 heterocycles. The number of benzene rings is 1. The summed E-state index contributed by atoms with van der Waals surface area (Å²) in [5, 5.41) is 11.7. The van der Waals surface area contributed by atoms with Gasteiger partial charge in [-0.3, -0.25) is 14.5 Å². The van der Waals surface area contributed by atoms with E-state index in [4.69, 9.17) is 36.3 Å². The molecule has 0 spiro atoms. The predicted molar refractivity (Wildman–Crippen MR) is 138 cm³/mol. The molecule has 2 aliphatic heterocycles. The Balaban J connectivity index is 1.35. The number of hydrogen-bond donors (Lipinski definition) is 2. The van der Waals surface area contributed by atoms with Crippen LogP contribution in [-0.2, 0) is 29.2 Å². The number of carbonyl (C=O) groups excluding carboxylic acids is 2. The van der Waals surface area contributed by atoms with Gasteiger partial charge in [0.1, 0.15) is 12.3 Å². The van der Waals surface area contributed by atoms with E-state index in [1.54, 1.807) is 35.1 Å². The summed E-state index contributed by atoms with van der Waals surface area (Å²) in [6.07, 6.45) is 3.04. The van der Waals surface area contributed by atoms with Gasteiger partial charge in [-0.1, -0.05) is 16.8 Å². The van der Waals surface area contributed by atoms with Crippen molar-refractivity contribution in [2.45, 2.75) is 31.8 Å². The molecule has 206 valence electrons. The number of nitrogens with one attached hydrogen (secondary N) is 1. The van der Waals surface area contributed by atoms with Crippen molar-refractivity contribution in [3.05, 3.63) is 58.6 Å². The first-order valence-electron chi connectivity index (χ1n) is 12.3. The summed E-state index contributed by atoms with van der Waals surface area (Å²) < 4.78 is 24.6. The van der Waals surface area contributed by atoms with Gasteiger partial charge < -0.3 is 30.0 Å². The number of primary amides is 1. The van der Waals surface area contributed by atoms with Gasteiger partial charge in [-0.05, 0) is 29.8 Å². The minimum atomic E-state index is -0.623. The van der Waals surface area contributed by atoms with Crippen LogP contribution in [0.3, 0.4) is 0 Å². The molecule has 1 fully saturated rings. The van der Waals surface area contributed by atoms with Crippen LogP contribution in [0.5, 0.6) is 17.2 Å². The molecule has 14 heteroatoms. The third-order valence-electron chi connectivity index (χ3n) is 6.31. The van der Waals surface area contributed by atoms with Gasteiger partial charge in [0.05, 0.1) is 43.6 Å². The minimum absolute atomic E-state index is 0.203. The van der Waals surface area contributed by atoms with E-state index in [-0.39, 0.29) is 42.7 Å². The third kappa shape index (κ3) is 6.38. The number of ether oxygens (including phenoxy) is 4. The predicted octanol–water partition coefficient (Wildman–Crippen LogP) is 0.791. The van der Waals surface area contributed by atoms with Gasteiger partial charge in [0.2, 0.25) is 0 Å². The molecule has 5 rings (SSSR count). The molecule has 39 heavy (non-hydrogen) atoms. The Hall–Kier alpha value is -3.94. The molecular formula is C25H28ClN7O6. The van der Waals surface area contributed by atoms with Crippen LogP contribution in [0.2, 0.25) is 5.02 Å². The third-order valence-corrected chi connectivity index (χ3v) is 6.59. The van der Waals surface area contributed by atoms with Crippen LogP contribution in [0.4, 0.5) is 0 Å². The van der Waals surface area contributed by atoms with E-state index in [2.05, 4.69) is 25.5 Å². The zero-order valence-corrected chi connectivity index (χ0v) is 22.0. The molecule has 1 aromatic carbocycles. The topological polar surface area (TPSA) is 156 Å². The molecule has 3 N–H and O–H groups in total. The van der Waals surface area contributed by atoms with Crippen LogP contribution in [0.25, 0.3) is 0 Å². The molecule has 0 aliphatic carbocycles. The maximum absolute atomic E-state index is 13.2. The van der Waals surface area contributed by atoms with Crippen LogP contribution >= 0.6 is 11.6 Å². The van der Waals surface area contributed by atoms with Crippen molar-refractivity contribution < 1.29 is 28.5 Å². The first-order valence-corrected chi connectivity index (χ1v) is 12.7. The molecule has 1 saturated heterocycles. The normalized spacial score (nSPS) is 19.7. The van der Waals surface area contributed by atoms with Gasteiger partial charge in [-0.15, -0.1) is 5.10 Å². The Morgan fingerprint density at radius 2 is 2.21 bits per heavy atom. The zero-order valence-electron chi connectivity index (χ0n) is 21.2. The highest BCUT2D eigenvalue weighted by Gasteiger charge is 2.36. The number of pyridine rings is 1. The number of rotatable bonds is 6. The van der Waals surface area contributed by atoms with Crippen molar-refractivity contribution in [1.29, 1.82) is 0 Å². The summed E-state index contributed by atoms with van der Waals surface area (Å²) >= 11 is 6.44. The van der Waals surface area contributed by atoms with Crippen molar-refractivity contribution in [2.75, 3.05) is 33.4 Å². The smallest absolute Gasteiger partial charge is 0.274 e. The van der Waals surface area contributed by atoms with Crippen LogP contribution in [-0.4, -0.2) is 82.3 Å². The van der Waals surface area contributed by atoms with Crippen molar-refractivity contribution in [1.82, 2.24) is 30.2 Å². The Morgan fingerprint density at radius 3 is 3.03 bits per heavy atom. The number of nitrogens with zero attached hydrogens (tertiary/aromatic N) is 5. The Kier molecular flexibility index (Phi) is 8.10. The van der Waals surface area contributed by atoms with E-state index in [0.717, 1.165) is 5.56 Å². The molecule has 2 aliphatic rings. The van der Waals surface area contributed by atoms with E-state index >= 15 is 0 Å². The molecular weight excluding hydrogens is 530 g/mol. The lowest BCUT2D eigenvalue weighted by Crippen LogP contribution is -2.44. The SMILES string of the molecule is COc1cc(CN2C[C@@H]3NC(=O)c4ncccc4OCCn4cc(nn4)CO[C@H]3C2)cc(Cl)c1OCC(N)=O. The van der Waals surface area contributed by atoms with Gasteiger partial charge in [0.25, 0.3) is 11.8 Å². The van der Waals surface area contributed by atoms with Crippen molar-refractivity contribution in [3.8, 4) is 17.2 Å².